The molecule has 2 aliphatic rings. The minimum atomic E-state index is -0.899. The number of carbonyl (C=O) groups is 1. The van der Waals surface area contributed by atoms with Crippen LogP contribution in [-0.2, 0) is 0 Å². The lowest BCUT2D eigenvalue weighted by Gasteiger charge is -2.41. The maximum atomic E-state index is 14.5. The zero-order chi connectivity index (χ0) is 38.8. The van der Waals surface area contributed by atoms with Gasteiger partial charge >= 0.3 is 0 Å². The first-order chi connectivity index (χ1) is 27.3. The van der Waals surface area contributed by atoms with E-state index in [0.29, 0.717) is 51.7 Å². The second-order valence-electron chi connectivity index (χ2n) is 14.0. The number of aromatic nitrogens is 4. The molecule has 3 N–H and O–H groups in total. The molecule has 14 heteroatoms. The van der Waals surface area contributed by atoms with Gasteiger partial charge in [-0.3, -0.25) is 9.20 Å². The van der Waals surface area contributed by atoms with Crippen molar-refractivity contribution in [2.75, 3.05) is 55.9 Å². The third kappa shape index (κ3) is 7.45. The van der Waals surface area contributed by atoms with Crippen molar-refractivity contribution in [3.05, 3.63) is 108 Å². The first-order valence-corrected chi connectivity index (χ1v) is 18.7. The number of imidazole rings is 1. The maximum Gasteiger partial charge on any atom is 0.259 e. The summed E-state index contributed by atoms with van der Waals surface area (Å²) in [6, 6.07) is 22.3. The number of nitrogens with one attached hydrogen (secondary N) is 2. The van der Waals surface area contributed by atoms with Crippen LogP contribution in [0, 0.1) is 11.6 Å². The van der Waals surface area contributed by atoms with E-state index in [1.807, 2.05) is 40.9 Å². The number of carbonyl (C=O) groups excluding carboxylic acids is 1. The van der Waals surface area contributed by atoms with Crippen molar-refractivity contribution >= 4 is 34.6 Å². The number of piperidine rings is 2. The monoisotopic (exact) mass is 760 g/mol. The smallest absolute Gasteiger partial charge is 0.259 e. The number of hydrogen-bond acceptors (Lipinski definition) is 10. The Labute approximate surface area is 322 Å². The SMILES string of the molecule is COc1cc(N2CCC(N3CCC(O)CC3)CC2)ccc1Nc1nccc(-c2c(-c3ccc(OC)c(C(=O)Nc4c(F)cccc4F)c3)nc3ccccn23)n1. The summed E-state index contributed by atoms with van der Waals surface area (Å²) >= 11 is 0. The fourth-order valence-corrected chi connectivity index (χ4v) is 7.66. The largest absolute Gasteiger partial charge is 0.496 e. The average Bonchev–Trinajstić information content (AvgIpc) is 3.62. The average molecular weight is 761 g/mol. The number of halogens is 2. The van der Waals surface area contributed by atoms with Gasteiger partial charge in [0.05, 0.1) is 48.7 Å². The molecule has 1 amide bonds. The fourth-order valence-electron chi connectivity index (χ4n) is 7.66. The Hall–Kier alpha value is -6.12. The zero-order valence-corrected chi connectivity index (χ0v) is 31.1. The fraction of sp³-hybridized carbons (Fsp3) is 0.286. The van der Waals surface area contributed by atoms with Crippen molar-refractivity contribution in [1.82, 2.24) is 24.3 Å². The second kappa shape index (κ2) is 15.9. The van der Waals surface area contributed by atoms with E-state index >= 15 is 0 Å². The number of ether oxygens (including phenoxy) is 2. The first kappa shape index (κ1) is 36.8. The number of hydrogen-bond donors (Lipinski definition) is 3. The van der Waals surface area contributed by atoms with E-state index in [9.17, 15) is 18.7 Å². The number of likely N-dealkylation sites (tertiary alicyclic amines) is 1. The maximum absolute atomic E-state index is 14.5. The Balaban J connectivity index is 1.06. The number of aliphatic hydroxyl groups excluding tert-OH is 1. The van der Waals surface area contributed by atoms with E-state index < -0.39 is 23.2 Å². The lowest BCUT2D eigenvalue weighted by molar-refractivity contribution is 0.0542. The number of para-hydroxylation sites is 1. The van der Waals surface area contributed by atoms with Crippen LogP contribution in [0.3, 0.4) is 0 Å². The van der Waals surface area contributed by atoms with E-state index in [1.165, 1.54) is 13.2 Å². The lowest BCUT2D eigenvalue weighted by Crippen LogP contribution is -2.48. The first-order valence-electron chi connectivity index (χ1n) is 18.7. The molecular weight excluding hydrogens is 719 g/mol. The van der Waals surface area contributed by atoms with Gasteiger partial charge in [0.15, 0.2) is 0 Å². The van der Waals surface area contributed by atoms with Crippen LogP contribution in [0.1, 0.15) is 36.0 Å². The molecule has 6 aromatic rings. The highest BCUT2D eigenvalue weighted by atomic mass is 19.1. The highest BCUT2D eigenvalue weighted by molar-refractivity contribution is 6.07. The number of pyridine rings is 1. The molecule has 8 rings (SSSR count). The van der Waals surface area contributed by atoms with Crippen LogP contribution in [0.25, 0.3) is 28.3 Å². The Bertz CT molecular complexity index is 2350. The molecule has 2 aliphatic heterocycles. The number of nitrogens with zero attached hydrogens (tertiary/aromatic N) is 6. The summed E-state index contributed by atoms with van der Waals surface area (Å²) in [6.45, 7) is 3.81. The molecule has 0 aliphatic carbocycles. The summed E-state index contributed by atoms with van der Waals surface area (Å²) in [5.74, 6) is -1.35. The van der Waals surface area contributed by atoms with Crippen LogP contribution in [0.15, 0.2) is 91.3 Å². The van der Waals surface area contributed by atoms with Crippen LogP contribution in [-0.4, -0.2) is 87.8 Å². The predicted octanol–water partition coefficient (Wildman–Crippen LogP) is 7.18. The number of aliphatic hydroxyl groups is 1. The van der Waals surface area contributed by atoms with Crippen molar-refractivity contribution in [1.29, 1.82) is 0 Å². The third-order valence-electron chi connectivity index (χ3n) is 10.6. The summed E-state index contributed by atoms with van der Waals surface area (Å²) in [5.41, 5.74) is 4.16. The van der Waals surface area contributed by atoms with Crippen LogP contribution in [0.4, 0.5) is 31.8 Å². The molecule has 3 aromatic carbocycles. The minimum absolute atomic E-state index is 0.0587. The number of anilines is 4. The number of fused-ring (bicyclic) bond motifs is 1. The van der Waals surface area contributed by atoms with Crippen molar-refractivity contribution < 1.29 is 28.2 Å². The van der Waals surface area contributed by atoms with Gasteiger partial charge in [0.2, 0.25) is 5.95 Å². The van der Waals surface area contributed by atoms with E-state index in [-0.39, 0.29) is 17.4 Å². The number of benzene rings is 3. The van der Waals surface area contributed by atoms with Gasteiger partial charge in [0.1, 0.15) is 34.5 Å². The molecule has 288 valence electrons. The topological polar surface area (TPSA) is 129 Å². The number of methoxy groups -OCH3 is 2. The van der Waals surface area contributed by atoms with Crippen molar-refractivity contribution in [2.45, 2.75) is 37.8 Å². The Morgan fingerprint density at radius 2 is 1.61 bits per heavy atom. The van der Waals surface area contributed by atoms with Crippen LogP contribution in [0.5, 0.6) is 11.5 Å². The summed E-state index contributed by atoms with van der Waals surface area (Å²) in [6.07, 6.45) is 7.21. The van der Waals surface area contributed by atoms with E-state index in [2.05, 4.69) is 31.5 Å². The van der Waals surface area contributed by atoms with Gasteiger partial charge in [-0.2, -0.15) is 0 Å². The molecule has 0 saturated carbocycles. The van der Waals surface area contributed by atoms with E-state index in [0.717, 1.165) is 69.7 Å². The standard InChI is InChI=1S/C42H42F2N8O4/c1-55-35-12-9-26(24-30(35)41(54)49-39-31(43)6-5-7-32(39)44)38-40(52-19-4-3-8-37(52)48-38)34-13-18-45-42(47-34)46-33-11-10-28(25-36(33)56-2)51-20-14-27(15-21-51)50-22-16-29(53)17-23-50/h3-13,18-19,24-25,27,29,53H,14-17,20-23H2,1-2H3,(H,49,54)(H,45,46,47). The second-order valence-corrected chi connectivity index (χ2v) is 14.0. The van der Waals surface area contributed by atoms with Gasteiger partial charge in [-0.1, -0.05) is 12.1 Å². The molecule has 2 saturated heterocycles. The van der Waals surface area contributed by atoms with Gasteiger partial charge in [0, 0.05) is 61.9 Å². The predicted molar refractivity (Wildman–Crippen MR) is 211 cm³/mol. The highest BCUT2D eigenvalue weighted by Gasteiger charge is 2.28. The van der Waals surface area contributed by atoms with Crippen LogP contribution < -0.4 is 25.0 Å². The molecule has 12 nitrogen and oxygen atoms in total. The Kier molecular flexibility index (Phi) is 10.5. The lowest BCUT2D eigenvalue weighted by atomic mass is 9.98. The zero-order valence-electron chi connectivity index (χ0n) is 31.1. The minimum Gasteiger partial charge on any atom is -0.496 e. The van der Waals surface area contributed by atoms with Gasteiger partial charge < -0.3 is 35.0 Å². The summed E-state index contributed by atoms with van der Waals surface area (Å²) in [5, 5.41) is 15.6. The molecule has 5 heterocycles. The number of amides is 1. The summed E-state index contributed by atoms with van der Waals surface area (Å²) in [7, 11) is 3.05. The van der Waals surface area contributed by atoms with Crippen molar-refractivity contribution in [3.63, 3.8) is 0 Å². The van der Waals surface area contributed by atoms with Crippen LogP contribution in [0.2, 0.25) is 0 Å². The van der Waals surface area contributed by atoms with E-state index in [1.54, 1.807) is 37.6 Å². The molecule has 3 aromatic heterocycles. The summed E-state index contributed by atoms with van der Waals surface area (Å²) in [4.78, 5) is 32.7. The quantitative estimate of drug-likeness (QED) is 0.132. The van der Waals surface area contributed by atoms with Crippen LogP contribution >= 0.6 is 0 Å². The molecular formula is C42H42F2N8O4. The Morgan fingerprint density at radius 1 is 0.839 bits per heavy atom. The van der Waals surface area contributed by atoms with Gasteiger partial charge in [-0.05, 0) is 86.3 Å². The van der Waals surface area contributed by atoms with Gasteiger partial charge in [0.25, 0.3) is 5.91 Å². The molecule has 0 spiro atoms. The molecule has 2 fully saturated rings. The normalized spacial score (nSPS) is 15.6. The van der Waals surface area contributed by atoms with E-state index in [4.69, 9.17) is 19.4 Å². The molecule has 56 heavy (non-hydrogen) atoms. The number of rotatable bonds is 10. The van der Waals surface area contributed by atoms with Crippen molar-refractivity contribution in [2.24, 2.45) is 0 Å². The molecule has 0 radical (unpaired) electrons. The Morgan fingerprint density at radius 3 is 2.36 bits per heavy atom. The van der Waals surface area contributed by atoms with Crippen molar-refractivity contribution in [3.8, 4) is 34.1 Å². The molecule has 0 bridgehead atoms. The molecule has 0 unspecified atom stereocenters. The molecule has 0 atom stereocenters. The van der Waals surface area contributed by atoms with Gasteiger partial charge in [-0.15, -0.1) is 0 Å². The van der Waals surface area contributed by atoms with Gasteiger partial charge in [-0.25, -0.2) is 23.7 Å². The highest BCUT2D eigenvalue weighted by Crippen LogP contribution is 2.37. The third-order valence-corrected chi connectivity index (χ3v) is 10.6. The summed E-state index contributed by atoms with van der Waals surface area (Å²) < 4.78 is 42.1.